The lowest BCUT2D eigenvalue weighted by Crippen LogP contribution is -2.20. The number of primary amides is 2. The third kappa shape index (κ3) is 5.71. The highest BCUT2D eigenvalue weighted by atomic mass is 16.1. The van der Waals surface area contributed by atoms with E-state index in [4.69, 9.17) is 11.5 Å². The molecule has 2 aromatic rings. The van der Waals surface area contributed by atoms with Gasteiger partial charge in [-0.05, 0) is 78.0 Å². The first kappa shape index (κ1) is 24.5. The van der Waals surface area contributed by atoms with Gasteiger partial charge in [0.2, 0.25) is 11.8 Å². The van der Waals surface area contributed by atoms with Gasteiger partial charge in [0.1, 0.15) is 0 Å². The van der Waals surface area contributed by atoms with Gasteiger partial charge in [0.05, 0.1) is 0 Å². The molecule has 4 nitrogen and oxygen atoms in total. The van der Waals surface area contributed by atoms with Crippen molar-refractivity contribution < 1.29 is 9.59 Å². The average molecular weight is 461 g/mol. The highest BCUT2D eigenvalue weighted by Crippen LogP contribution is 2.45. The molecule has 0 saturated heterocycles. The summed E-state index contributed by atoms with van der Waals surface area (Å²) in [6.07, 6.45) is 17.2. The quantitative estimate of drug-likeness (QED) is 0.494. The third-order valence-corrected chi connectivity index (χ3v) is 8.06. The van der Waals surface area contributed by atoms with Crippen molar-refractivity contribution in [2.45, 2.75) is 102 Å². The number of amides is 2. The molecule has 2 aromatic carbocycles. The van der Waals surface area contributed by atoms with Crippen molar-refractivity contribution in [3.8, 4) is 11.1 Å². The van der Waals surface area contributed by atoms with Crippen molar-refractivity contribution in [1.82, 2.24) is 0 Å². The minimum absolute atomic E-state index is 0.306. The Balaban J connectivity index is 1.89. The van der Waals surface area contributed by atoms with E-state index in [0.717, 1.165) is 36.8 Å². The summed E-state index contributed by atoms with van der Waals surface area (Å²) in [5.74, 6) is 0.102. The van der Waals surface area contributed by atoms with E-state index < -0.39 is 5.91 Å². The first-order valence-corrected chi connectivity index (χ1v) is 13.4. The molecule has 0 aromatic heterocycles. The molecule has 4 rings (SSSR count). The van der Waals surface area contributed by atoms with Crippen LogP contribution in [-0.4, -0.2) is 11.8 Å². The molecule has 0 spiro atoms. The number of hydrogen-bond donors (Lipinski definition) is 2. The van der Waals surface area contributed by atoms with Crippen LogP contribution >= 0.6 is 0 Å². The molecule has 0 radical (unpaired) electrons. The molecule has 4 heteroatoms. The highest BCUT2D eigenvalue weighted by molar-refractivity contribution is 5.96. The number of nitrogens with two attached hydrogens (primary N) is 2. The van der Waals surface area contributed by atoms with E-state index in [1.54, 1.807) is 0 Å². The summed E-state index contributed by atoms with van der Waals surface area (Å²) in [7, 11) is 0. The molecule has 2 aliphatic carbocycles. The minimum atomic E-state index is -0.411. The van der Waals surface area contributed by atoms with Crippen LogP contribution in [0.5, 0.6) is 0 Å². The van der Waals surface area contributed by atoms with Gasteiger partial charge in [-0.25, -0.2) is 0 Å². The molecule has 2 amide bonds. The van der Waals surface area contributed by atoms with Gasteiger partial charge < -0.3 is 11.5 Å². The molecular formula is C30H40N2O2. The van der Waals surface area contributed by atoms with Crippen LogP contribution in [0.4, 0.5) is 0 Å². The van der Waals surface area contributed by atoms with Crippen molar-refractivity contribution in [3.63, 3.8) is 0 Å². The van der Waals surface area contributed by atoms with Crippen LogP contribution in [0.15, 0.2) is 36.4 Å². The molecule has 0 heterocycles. The van der Waals surface area contributed by atoms with Crippen LogP contribution in [0.3, 0.4) is 0 Å². The summed E-state index contributed by atoms with van der Waals surface area (Å²) in [5, 5.41) is 0. The average Bonchev–Trinajstić information content (AvgIpc) is 2.78. The minimum Gasteiger partial charge on any atom is -0.366 e. The summed E-state index contributed by atoms with van der Waals surface area (Å²) < 4.78 is 0. The lowest BCUT2D eigenvalue weighted by Gasteiger charge is -2.31. The molecule has 0 atom stereocenters. The molecule has 4 N–H and O–H groups in total. The van der Waals surface area contributed by atoms with Crippen molar-refractivity contribution in [2.24, 2.45) is 11.5 Å². The largest absolute Gasteiger partial charge is 0.366 e. The molecule has 182 valence electrons. The number of carbonyl (C=O) groups is 2. The molecule has 0 unspecified atom stereocenters. The number of benzene rings is 2. The second kappa shape index (κ2) is 11.7. The SMILES string of the molecule is NC(=O)c1ccc(-c2ccc(C(N)=O)c(C3CCCCCCC3)c2C2CCCCCCC2)cc1. The van der Waals surface area contributed by atoms with Crippen LogP contribution in [0.1, 0.15) is 134 Å². The maximum absolute atomic E-state index is 12.7. The number of rotatable bonds is 5. The summed E-state index contributed by atoms with van der Waals surface area (Å²) in [4.78, 5) is 24.4. The van der Waals surface area contributed by atoms with Gasteiger partial charge in [-0.1, -0.05) is 82.4 Å². The summed E-state index contributed by atoms with van der Waals surface area (Å²) >= 11 is 0. The van der Waals surface area contributed by atoms with Crippen LogP contribution in [0.25, 0.3) is 11.1 Å². The van der Waals surface area contributed by atoms with Gasteiger partial charge >= 0.3 is 0 Å². The Morgan fingerprint density at radius 2 is 1.03 bits per heavy atom. The highest BCUT2D eigenvalue weighted by Gasteiger charge is 2.29. The van der Waals surface area contributed by atoms with Crippen molar-refractivity contribution >= 4 is 11.8 Å². The second-order valence-electron chi connectivity index (χ2n) is 10.4. The van der Waals surface area contributed by atoms with Gasteiger partial charge in [0, 0.05) is 11.1 Å². The first-order valence-electron chi connectivity index (χ1n) is 13.4. The first-order chi connectivity index (χ1) is 16.6. The van der Waals surface area contributed by atoms with Gasteiger partial charge in [-0.15, -0.1) is 0 Å². The fourth-order valence-corrected chi connectivity index (χ4v) is 6.29. The smallest absolute Gasteiger partial charge is 0.248 e. The zero-order valence-corrected chi connectivity index (χ0v) is 20.5. The van der Waals surface area contributed by atoms with Gasteiger partial charge in [-0.3, -0.25) is 9.59 Å². The Hall–Kier alpha value is -2.62. The van der Waals surface area contributed by atoms with Gasteiger partial charge in [0.15, 0.2) is 0 Å². The Morgan fingerprint density at radius 3 is 1.50 bits per heavy atom. The van der Waals surface area contributed by atoms with E-state index in [1.165, 1.54) is 80.9 Å². The Labute approximate surface area is 204 Å². The fraction of sp³-hybridized carbons (Fsp3) is 0.533. The normalized spacial score (nSPS) is 18.9. The standard InChI is InChI=1S/C30H40N2O2/c31-29(33)24-17-15-21(16-18-24)25-19-20-26(30(32)34)28(23-13-9-5-2-6-10-14-23)27(25)22-11-7-3-1-4-8-12-22/h15-20,22-23H,1-14H2,(H2,31,33)(H2,32,34). The van der Waals surface area contributed by atoms with Crippen molar-refractivity contribution in [1.29, 1.82) is 0 Å². The predicted octanol–water partition coefficient (Wildman–Crippen LogP) is 7.21. The van der Waals surface area contributed by atoms with E-state index in [2.05, 4.69) is 6.07 Å². The zero-order valence-electron chi connectivity index (χ0n) is 20.5. The maximum atomic E-state index is 12.7. The molecule has 2 saturated carbocycles. The van der Waals surface area contributed by atoms with Gasteiger partial charge in [0.25, 0.3) is 0 Å². The molecule has 0 bridgehead atoms. The Bertz CT molecular complexity index is 980. The topological polar surface area (TPSA) is 86.2 Å². The van der Waals surface area contributed by atoms with Gasteiger partial charge in [-0.2, -0.15) is 0 Å². The second-order valence-corrected chi connectivity index (χ2v) is 10.4. The summed E-state index contributed by atoms with van der Waals surface area (Å²) in [6, 6.07) is 11.7. The van der Waals surface area contributed by atoms with E-state index in [-0.39, 0.29) is 5.91 Å². The molecule has 34 heavy (non-hydrogen) atoms. The summed E-state index contributed by atoms with van der Waals surface area (Å²) in [5.41, 5.74) is 17.6. The van der Waals surface area contributed by atoms with Crippen LogP contribution in [0.2, 0.25) is 0 Å². The van der Waals surface area contributed by atoms with E-state index in [1.807, 2.05) is 30.3 Å². The van der Waals surface area contributed by atoms with Crippen molar-refractivity contribution in [3.05, 3.63) is 58.7 Å². The van der Waals surface area contributed by atoms with Crippen molar-refractivity contribution in [2.75, 3.05) is 0 Å². The number of carbonyl (C=O) groups excluding carboxylic acids is 2. The van der Waals surface area contributed by atoms with E-state index in [9.17, 15) is 9.59 Å². The lowest BCUT2D eigenvalue weighted by molar-refractivity contribution is 0.0991. The van der Waals surface area contributed by atoms with Crippen LogP contribution in [0, 0.1) is 0 Å². The third-order valence-electron chi connectivity index (χ3n) is 8.06. The monoisotopic (exact) mass is 460 g/mol. The van der Waals surface area contributed by atoms with Crippen LogP contribution in [-0.2, 0) is 0 Å². The molecule has 2 aliphatic rings. The zero-order chi connectivity index (χ0) is 23.9. The lowest BCUT2D eigenvalue weighted by atomic mass is 9.73. The van der Waals surface area contributed by atoms with E-state index in [0.29, 0.717) is 17.4 Å². The Kier molecular flexibility index (Phi) is 8.42. The summed E-state index contributed by atoms with van der Waals surface area (Å²) in [6.45, 7) is 0. The fourth-order valence-electron chi connectivity index (χ4n) is 6.29. The number of hydrogen-bond acceptors (Lipinski definition) is 2. The molecule has 0 aliphatic heterocycles. The maximum Gasteiger partial charge on any atom is 0.248 e. The van der Waals surface area contributed by atoms with Crippen LogP contribution < -0.4 is 11.5 Å². The molecule has 2 fully saturated rings. The Morgan fingerprint density at radius 1 is 0.559 bits per heavy atom. The molecular weight excluding hydrogens is 420 g/mol. The van der Waals surface area contributed by atoms with E-state index >= 15 is 0 Å². The predicted molar refractivity (Wildman–Crippen MR) is 139 cm³/mol.